The molecule has 1 rings (SSSR count). The Kier molecular flexibility index (Phi) is 6.84. The van der Waals surface area contributed by atoms with Gasteiger partial charge in [0.25, 0.3) is 0 Å². The molecule has 0 spiro atoms. The van der Waals surface area contributed by atoms with E-state index in [1.54, 1.807) is 13.0 Å². The maximum atomic E-state index is 12.5. The maximum absolute atomic E-state index is 12.5. The molecular formula is C15H24BrNO3S. The highest BCUT2D eigenvalue weighted by atomic mass is 79.9. The number of hydrogen-bond acceptors (Lipinski definition) is 3. The Labute approximate surface area is 136 Å². The molecule has 0 fully saturated rings. The predicted molar refractivity (Wildman–Crippen MR) is 88.7 cm³/mol. The molecule has 0 saturated heterocycles. The highest BCUT2D eigenvalue weighted by molar-refractivity contribution is 9.10. The van der Waals surface area contributed by atoms with Crippen molar-refractivity contribution in [3.8, 4) is 0 Å². The lowest BCUT2D eigenvalue weighted by Crippen LogP contribution is -2.33. The van der Waals surface area contributed by atoms with E-state index in [-0.39, 0.29) is 17.5 Å². The van der Waals surface area contributed by atoms with E-state index in [1.165, 1.54) is 6.07 Å². The van der Waals surface area contributed by atoms with Crippen LogP contribution in [0.5, 0.6) is 0 Å². The molecule has 21 heavy (non-hydrogen) atoms. The van der Waals surface area contributed by atoms with Crippen molar-refractivity contribution in [1.29, 1.82) is 0 Å². The molecule has 2 N–H and O–H groups in total. The highest BCUT2D eigenvalue weighted by Crippen LogP contribution is 2.26. The highest BCUT2D eigenvalue weighted by Gasteiger charge is 2.21. The van der Waals surface area contributed by atoms with E-state index < -0.39 is 10.0 Å². The van der Waals surface area contributed by atoms with E-state index in [0.29, 0.717) is 21.5 Å². The van der Waals surface area contributed by atoms with Crippen LogP contribution in [0.1, 0.15) is 44.7 Å². The third-order valence-electron chi connectivity index (χ3n) is 3.36. The van der Waals surface area contributed by atoms with Crippen LogP contribution < -0.4 is 4.72 Å². The van der Waals surface area contributed by atoms with Gasteiger partial charge in [0.05, 0.1) is 11.5 Å². The Morgan fingerprint density at radius 1 is 1.24 bits per heavy atom. The van der Waals surface area contributed by atoms with Crippen LogP contribution in [0, 0.1) is 12.8 Å². The van der Waals surface area contributed by atoms with Crippen LogP contribution in [0.4, 0.5) is 0 Å². The second-order valence-corrected chi connectivity index (χ2v) is 8.39. The summed E-state index contributed by atoms with van der Waals surface area (Å²) in [6.07, 6.45) is 1.78. The van der Waals surface area contributed by atoms with Crippen molar-refractivity contribution < 1.29 is 13.5 Å². The summed E-state index contributed by atoms with van der Waals surface area (Å²) in [5.74, 6) is 0.547. The molecule has 0 bridgehead atoms. The predicted octanol–water partition coefficient (Wildman–Crippen LogP) is 3.35. The topological polar surface area (TPSA) is 66.4 Å². The lowest BCUT2D eigenvalue weighted by Gasteiger charge is -2.17. The second-order valence-electron chi connectivity index (χ2n) is 5.85. The fourth-order valence-corrected chi connectivity index (χ4v) is 4.28. The molecule has 120 valence electrons. The van der Waals surface area contributed by atoms with E-state index >= 15 is 0 Å². The van der Waals surface area contributed by atoms with Crippen molar-refractivity contribution in [2.24, 2.45) is 5.92 Å². The third-order valence-corrected chi connectivity index (χ3v) is 5.90. The summed E-state index contributed by atoms with van der Waals surface area (Å²) in [5, 5.41) is 9.23. The number of rotatable bonds is 7. The van der Waals surface area contributed by atoms with E-state index in [1.807, 2.05) is 6.92 Å². The van der Waals surface area contributed by atoms with Gasteiger partial charge in [-0.25, -0.2) is 13.1 Å². The zero-order valence-corrected chi connectivity index (χ0v) is 15.4. The smallest absolute Gasteiger partial charge is 0.241 e. The first-order valence-corrected chi connectivity index (χ1v) is 9.37. The Hall–Kier alpha value is -0.430. The van der Waals surface area contributed by atoms with Gasteiger partial charge in [0.15, 0.2) is 0 Å². The summed E-state index contributed by atoms with van der Waals surface area (Å²) in [6, 6.07) is 3.14. The molecule has 0 heterocycles. The number of sulfonamides is 1. The van der Waals surface area contributed by atoms with Gasteiger partial charge in [-0.05, 0) is 55.9 Å². The van der Waals surface area contributed by atoms with Crippen molar-refractivity contribution in [3.05, 3.63) is 27.7 Å². The molecule has 0 amide bonds. The van der Waals surface area contributed by atoms with Gasteiger partial charge in [-0.2, -0.15) is 0 Å². The van der Waals surface area contributed by atoms with Gasteiger partial charge in [0.2, 0.25) is 10.0 Å². The van der Waals surface area contributed by atoms with E-state index in [2.05, 4.69) is 34.5 Å². The van der Waals surface area contributed by atoms with Crippen molar-refractivity contribution in [1.82, 2.24) is 4.72 Å². The zero-order valence-electron chi connectivity index (χ0n) is 13.0. The molecule has 1 aromatic carbocycles. The van der Waals surface area contributed by atoms with Crippen molar-refractivity contribution in [2.45, 2.75) is 58.1 Å². The number of aliphatic hydroxyl groups is 1. The normalized spacial score (nSPS) is 13.7. The minimum atomic E-state index is -3.58. The molecule has 0 aliphatic rings. The van der Waals surface area contributed by atoms with Gasteiger partial charge in [-0.15, -0.1) is 0 Å². The number of hydrogen-bond donors (Lipinski definition) is 2. The Balaban J connectivity index is 3.00. The van der Waals surface area contributed by atoms with Crippen molar-refractivity contribution in [2.75, 3.05) is 0 Å². The second kappa shape index (κ2) is 7.72. The van der Waals surface area contributed by atoms with Crippen molar-refractivity contribution >= 4 is 26.0 Å². The lowest BCUT2D eigenvalue weighted by atomic mass is 10.1. The minimum Gasteiger partial charge on any atom is -0.392 e. The van der Waals surface area contributed by atoms with Gasteiger partial charge >= 0.3 is 0 Å². The Bertz CT molecular complexity index is 585. The molecule has 4 nitrogen and oxygen atoms in total. The van der Waals surface area contributed by atoms with Crippen LogP contribution in [0.25, 0.3) is 0 Å². The zero-order chi connectivity index (χ0) is 16.2. The summed E-state index contributed by atoms with van der Waals surface area (Å²) in [4.78, 5) is 0.220. The molecule has 0 radical (unpaired) electrons. The number of benzene rings is 1. The Morgan fingerprint density at radius 2 is 1.86 bits per heavy atom. The third kappa shape index (κ3) is 5.36. The van der Waals surface area contributed by atoms with Crippen LogP contribution in [0.15, 0.2) is 21.5 Å². The monoisotopic (exact) mass is 377 g/mol. The van der Waals surface area contributed by atoms with Crippen LogP contribution in [0.3, 0.4) is 0 Å². The fraction of sp³-hybridized carbons (Fsp3) is 0.600. The van der Waals surface area contributed by atoms with Gasteiger partial charge in [0.1, 0.15) is 0 Å². The molecule has 0 aromatic heterocycles. The molecule has 6 heteroatoms. The molecule has 0 aliphatic heterocycles. The van der Waals surface area contributed by atoms with Crippen LogP contribution in [-0.2, 0) is 16.6 Å². The van der Waals surface area contributed by atoms with Crippen LogP contribution >= 0.6 is 15.9 Å². The van der Waals surface area contributed by atoms with Gasteiger partial charge < -0.3 is 5.11 Å². The van der Waals surface area contributed by atoms with Crippen molar-refractivity contribution in [3.63, 3.8) is 0 Å². The molecule has 0 saturated carbocycles. The molecule has 1 atom stereocenters. The summed E-state index contributed by atoms with van der Waals surface area (Å²) < 4.78 is 28.4. The van der Waals surface area contributed by atoms with Gasteiger partial charge in [0, 0.05) is 10.5 Å². The average molecular weight is 378 g/mol. The van der Waals surface area contributed by atoms with Gasteiger partial charge in [-0.3, -0.25) is 0 Å². The van der Waals surface area contributed by atoms with Crippen LogP contribution in [0.2, 0.25) is 0 Å². The summed E-state index contributed by atoms with van der Waals surface area (Å²) in [7, 11) is -3.58. The molecule has 0 aliphatic carbocycles. The maximum Gasteiger partial charge on any atom is 0.241 e. The average Bonchev–Trinajstić information content (AvgIpc) is 2.38. The first kappa shape index (κ1) is 18.6. The largest absolute Gasteiger partial charge is 0.392 e. The number of halogens is 1. The summed E-state index contributed by atoms with van der Waals surface area (Å²) in [6.45, 7) is 7.67. The molecule has 1 aromatic rings. The number of nitrogens with one attached hydrogen (secondary N) is 1. The lowest BCUT2D eigenvalue weighted by molar-refractivity contribution is 0.281. The van der Waals surface area contributed by atoms with E-state index in [0.717, 1.165) is 12.8 Å². The standard InChI is InChI=1S/C15H24BrNO3S/c1-10(2)5-6-11(3)17-21(19,20)15-8-13(9-18)7-14(16)12(15)4/h7-8,10-11,17-18H,5-6,9H2,1-4H3. The van der Waals surface area contributed by atoms with Crippen LogP contribution in [-0.4, -0.2) is 19.6 Å². The quantitative estimate of drug-likeness (QED) is 0.765. The molecule has 1 unspecified atom stereocenters. The molecular weight excluding hydrogens is 354 g/mol. The minimum absolute atomic E-state index is 0.117. The van der Waals surface area contributed by atoms with E-state index in [9.17, 15) is 13.5 Å². The first-order chi connectivity index (χ1) is 9.67. The SMILES string of the molecule is Cc1c(Br)cc(CO)cc1S(=O)(=O)NC(C)CCC(C)C. The first-order valence-electron chi connectivity index (χ1n) is 7.09. The van der Waals surface area contributed by atoms with Gasteiger partial charge in [-0.1, -0.05) is 29.8 Å². The number of aliphatic hydroxyl groups excluding tert-OH is 1. The summed E-state index contributed by atoms with van der Waals surface area (Å²) in [5.41, 5.74) is 1.22. The summed E-state index contributed by atoms with van der Waals surface area (Å²) >= 11 is 3.34. The Morgan fingerprint density at radius 3 is 2.38 bits per heavy atom. The fourth-order valence-electron chi connectivity index (χ4n) is 2.05. The van der Waals surface area contributed by atoms with E-state index in [4.69, 9.17) is 0 Å².